The molecule has 1 amide bonds. The fraction of sp³-hybridized carbons (Fsp3) is 0.538. The Balaban J connectivity index is 2.79. The van der Waals surface area contributed by atoms with Crippen LogP contribution in [0.2, 0.25) is 0 Å². The average molecular weight is 251 g/mol. The van der Waals surface area contributed by atoms with E-state index in [-0.39, 0.29) is 5.91 Å². The summed E-state index contributed by atoms with van der Waals surface area (Å²) in [7, 11) is 3.48. The summed E-state index contributed by atoms with van der Waals surface area (Å²) in [5.41, 5.74) is 1.52. The zero-order chi connectivity index (χ0) is 13.7. The molecule has 5 heteroatoms. The van der Waals surface area contributed by atoms with E-state index < -0.39 is 6.10 Å². The number of amides is 1. The van der Waals surface area contributed by atoms with Gasteiger partial charge in [-0.3, -0.25) is 9.78 Å². The number of carbonyl (C=O) groups is 1. The van der Waals surface area contributed by atoms with Gasteiger partial charge in [0.25, 0.3) is 0 Å². The zero-order valence-corrected chi connectivity index (χ0v) is 11.4. The summed E-state index contributed by atoms with van der Waals surface area (Å²) in [6, 6.07) is 3.66. The third kappa shape index (κ3) is 3.70. The monoisotopic (exact) mass is 251 g/mol. The van der Waals surface area contributed by atoms with Crippen LogP contribution in [0.5, 0.6) is 0 Å². The van der Waals surface area contributed by atoms with Gasteiger partial charge in [-0.2, -0.15) is 0 Å². The molecule has 0 saturated heterocycles. The van der Waals surface area contributed by atoms with Crippen molar-refractivity contribution in [2.24, 2.45) is 0 Å². The van der Waals surface area contributed by atoms with Crippen molar-refractivity contribution in [3.63, 3.8) is 0 Å². The van der Waals surface area contributed by atoms with Gasteiger partial charge in [0.2, 0.25) is 5.91 Å². The minimum Gasteiger partial charge on any atom is -0.387 e. The predicted octanol–water partition coefficient (Wildman–Crippen LogP) is 1.05. The molecule has 1 atom stereocenters. The molecule has 0 unspecified atom stereocenters. The normalized spacial score (nSPS) is 12.1. The Hall–Kier alpha value is -1.62. The van der Waals surface area contributed by atoms with Crippen molar-refractivity contribution in [1.82, 2.24) is 9.88 Å². The van der Waals surface area contributed by atoms with Crippen molar-refractivity contribution in [3.05, 3.63) is 24.0 Å². The molecule has 1 aromatic heterocycles. The van der Waals surface area contributed by atoms with Gasteiger partial charge in [0.05, 0.1) is 30.2 Å². The number of nitrogens with zero attached hydrogens (tertiary/aromatic N) is 3. The largest absolute Gasteiger partial charge is 0.387 e. The maximum Gasteiger partial charge on any atom is 0.241 e. The molecule has 1 N–H and O–H groups in total. The quantitative estimate of drug-likeness (QED) is 0.850. The van der Waals surface area contributed by atoms with Crippen LogP contribution in [0.3, 0.4) is 0 Å². The van der Waals surface area contributed by atoms with E-state index >= 15 is 0 Å². The first-order chi connectivity index (χ1) is 8.45. The molecule has 1 rings (SSSR count). The standard InChI is InChI=1S/C13H21N3O2/c1-5-16(9-13(18)15(3)4)11-6-7-12(10(2)17)14-8-11/h6-8,10,17H,5,9H2,1-4H3/t10-/m1/s1. The topological polar surface area (TPSA) is 56.7 Å². The number of hydrogen-bond acceptors (Lipinski definition) is 4. The zero-order valence-electron chi connectivity index (χ0n) is 11.4. The molecule has 18 heavy (non-hydrogen) atoms. The van der Waals surface area contributed by atoms with Crippen LogP contribution in [0.1, 0.15) is 25.6 Å². The van der Waals surface area contributed by atoms with E-state index in [0.717, 1.165) is 12.2 Å². The van der Waals surface area contributed by atoms with Crippen LogP contribution in [0.15, 0.2) is 18.3 Å². The fourth-order valence-electron chi connectivity index (χ4n) is 1.52. The summed E-state index contributed by atoms with van der Waals surface area (Å²) in [4.78, 5) is 19.4. The third-order valence-electron chi connectivity index (χ3n) is 2.77. The fourth-order valence-corrected chi connectivity index (χ4v) is 1.52. The minimum atomic E-state index is -0.572. The van der Waals surface area contributed by atoms with Crippen molar-refractivity contribution in [3.8, 4) is 0 Å². The van der Waals surface area contributed by atoms with Crippen molar-refractivity contribution in [2.45, 2.75) is 20.0 Å². The van der Waals surface area contributed by atoms with E-state index in [4.69, 9.17) is 0 Å². The van der Waals surface area contributed by atoms with Crippen LogP contribution in [-0.4, -0.2) is 48.1 Å². The van der Waals surface area contributed by atoms with E-state index in [9.17, 15) is 9.90 Å². The van der Waals surface area contributed by atoms with Crippen LogP contribution in [0.4, 0.5) is 5.69 Å². The van der Waals surface area contributed by atoms with Gasteiger partial charge in [-0.15, -0.1) is 0 Å². The SMILES string of the molecule is CCN(CC(=O)N(C)C)c1ccc([C@@H](C)O)nc1. The number of aliphatic hydroxyl groups excluding tert-OH is 1. The average Bonchev–Trinajstić information content (AvgIpc) is 2.35. The highest BCUT2D eigenvalue weighted by Crippen LogP contribution is 2.16. The summed E-state index contributed by atoms with van der Waals surface area (Å²) in [5.74, 6) is 0.0523. The second-order valence-electron chi connectivity index (χ2n) is 4.42. The van der Waals surface area contributed by atoms with Crippen LogP contribution in [-0.2, 0) is 4.79 Å². The number of likely N-dealkylation sites (N-methyl/N-ethyl adjacent to an activating group) is 2. The van der Waals surface area contributed by atoms with Crippen LogP contribution >= 0.6 is 0 Å². The number of pyridine rings is 1. The van der Waals surface area contributed by atoms with Gasteiger partial charge < -0.3 is 14.9 Å². The van der Waals surface area contributed by atoms with Crippen LogP contribution in [0.25, 0.3) is 0 Å². The molecule has 0 aromatic carbocycles. The summed E-state index contributed by atoms with van der Waals surface area (Å²) in [6.07, 6.45) is 1.12. The van der Waals surface area contributed by atoms with Gasteiger partial charge >= 0.3 is 0 Å². The summed E-state index contributed by atoms with van der Waals surface area (Å²) in [5, 5.41) is 9.39. The summed E-state index contributed by atoms with van der Waals surface area (Å²) in [6.45, 7) is 4.73. The Morgan fingerprint density at radius 2 is 2.11 bits per heavy atom. The Labute approximate surface area is 108 Å². The van der Waals surface area contributed by atoms with Crippen molar-refractivity contribution in [1.29, 1.82) is 0 Å². The van der Waals surface area contributed by atoms with E-state index in [1.54, 1.807) is 38.2 Å². The smallest absolute Gasteiger partial charge is 0.241 e. The number of aliphatic hydroxyl groups is 1. The molecule has 1 heterocycles. The molecule has 0 bridgehead atoms. The Kier molecular flexibility index (Phi) is 5.09. The maximum atomic E-state index is 11.7. The highest BCUT2D eigenvalue weighted by molar-refractivity contribution is 5.80. The number of aromatic nitrogens is 1. The molecule has 0 radical (unpaired) electrons. The first-order valence-corrected chi connectivity index (χ1v) is 6.04. The van der Waals surface area contributed by atoms with E-state index in [1.807, 2.05) is 17.9 Å². The lowest BCUT2D eigenvalue weighted by Crippen LogP contribution is -2.36. The van der Waals surface area contributed by atoms with Gasteiger partial charge in [0.1, 0.15) is 0 Å². The van der Waals surface area contributed by atoms with Gasteiger partial charge in [-0.1, -0.05) is 0 Å². The van der Waals surface area contributed by atoms with E-state index in [2.05, 4.69) is 4.98 Å². The number of rotatable bonds is 5. The molecule has 0 aliphatic rings. The van der Waals surface area contributed by atoms with Crippen LogP contribution < -0.4 is 4.90 Å². The predicted molar refractivity (Wildman–Crippen MR) is 71.5 cm³/mol. The van der Waals surface area contributed by atoms with Crippen LogP contribution in [0, 0.1) is 0 Å². The molecule has 100 valence electrons. The third-order valence-corrected chi connectivity index (χ3v) is 2.77. The first kappa shape index (κ1) is 14.4. The Morgan fingerprint density at radius 1 is 1.44 bits per heavy atom. The lowest BCUT2D eigenvalue weighted by atomic mass is 10.2. The number of hydrogen-bond donors (Lipinski definition) is 1. The molecular weight excluding hydrogens is 230 g/mol. The van der Waals surface area contributed by atoms with E-state index in [0.29, 0.717) is 12.2 Å². The van der Waals surface area contributed by atoms with Gasteiger partial charge in [-0.25, -0.2) is 0 Å². The Morgan fingerprint density at radius 3 is 2.50 bits per heavy atom. The number of anilines is 1. The molecule has 0 spiro atoms. The molecule has 1 aromatic rings. The summed E-state index contributed by atoms with van der Waals surface area (Å²) >= 11 is 0. The maximum absolute atomic E-state index is 11.7. The molecule has 0 fully saturated rings. The molecular formula is C13H21N3O2. The molecule has 0 aliphatic carbocycles. The molecule has 0 saturated carbocycles. The van der Waals surface area contributed by atoms with Crippen molar-refractivity contribution in [2.75, 3.05) is 32.1 Å². The molecule has 0 aliphatic heterocycles. The second kappa shape index (κ2) is 6.35. The van der Waals surface area contributed by atoms with Gasteiger partial charge in [0.15, 0.2) is 0 Å². The Bertz CT molecular complexity index is 388. The second-order valence-corrected chi connectivity index (χ2v) is 4.42. The van der Waals surface area contributed by atoms with Gasteiger partial charge in [-0.05, 0) is 26.0 Å². The lowest BCUT2D eigenvalue weighted by Gasteiger charge is -2.24. The van der Waals surface area contributed by atoms with Gasteiger partial charge in [0, 0.05) is 20.6 Å². The number of carbonyl (C=O) groups excluding carboxylic acids is 1. The van der Waals surface area contributed by atoms with Crippen molar-refractivity contribution >= 4 is 11.6 Å². The summed E-state index contributed by atoms with van der Waals surface area (Å²) < 4.78 is 0. The lowest BCUT2D eigenvalue weighted by molar-refractivity contribution is -0.127. The van der Waals surface area contributed by atoms with Crippen molar-refractivity contribution < 1.29 is 9.90 Å². The minimum absolute atomic E-state index is 0.0523. The highest BCUT2D eigenvalue weighted by Gasteiger charge is 2.12. The first-order valence-electron chi connectivity index (χ1n) is 6.04. The highest BCUT2D eigenvalue weighted by atomic mass is 16.3. The van der Waals surface area contributed by atoms with E-state index in [1.165, 1.54) is 0 Å². The molecule has 5 nitrogen and oxygen atoms in total.